The van der Waals surface area contributed by atoms with Gasteiger partial charge in [0.1, 0.15) is 23.3 Å². The van der Waals surface area contributed by atoms with Gasteiger partial charge in [0.2, 0.25) is 0 Å². The number of anilines is 2. The number of benzene rings is 2. The molecule has 9 heteroatoms. The minimum Gasteiger partial charge on any atom is -0.378 e. The molecule has 3 aromatic rings. The number of aromatic nitrogens is 2. The number of hydrogen-bond acceptors (Lipinski definition) is 5. The van der Waals surface area contributed by atoms with E-state index < -0.39 is 5.82 Å². The maximum atomic E-state index is 13.7. The van der Waals surface area contributed by atoms with Crippen LogP contribution in [-0.4, -0.2) is 53.7 Å². The van der Waals surface area contributed by atoms with Crippen LogP contribution >= 0.6 is 0 Å². The van der Waals surface area contributed by atoms with Crippen LogP contribution in [-0.2, 0) is 24.1 Å². The van der Waals surface area contributed by atoms with Crippen molar-refractivity contribution >= 4 is 17.5 Å². The van der Waals surface area contributed by atoms with E-state index in [1.807, 2.05) is 6.07 Å². The summed E-state index contributed by atoms with van der Waals surface area (Å²) in [4.78, 5) is 26.4. The molecule has 2 amide bonds. The highest BCUT2D eigenvalue weighted by Crippen LogP contribution is 2.28. The Balaban J connectivity index is 1.42. The molecule has 2 aliphatic rings. The molecule has 1 fully saturated rings. The maximum absolute atomic E-state index is 13.7. The van der Waals surface area contributed by atoms with Gasteiger partial charge in [-0.25, -0.2) is 23.5 Å². The van der Waals surface area contributed by atoms with Crippen LogP contribution in [0, 0.1) is 11.6 Å². The summed E-state index contributed by atoms with van der Waals surface area (Å²) in [6.45, 7) is 3.41. The second-order valence-corrected chi connectivity index (χ2v) is 8.41. The van der Waals surface area contributed by atoms with Gasteiger partial charge in [-0.1, -0.05) is 18.2 Å². The number of amides is 2. The second-order valence-electron chi connectivity index (χ2n) is 8.41. The third kappa shape index (κ3) is 4.99. The third-order valence-corrected chi connectivity index (χ3v) is 6.01. The number of nitrogens with zero attached hydrogens (tertiary/aromatic N) is 4. The summed E-state index contributed by atoms with van der Waals surface area (Å²) in [5.41, 5.74) is 3.02. The van der Waals surface area contributed by atoms with Gasteiger partial charge in [0, 0.05) is 43.7 Å². The first kappa shape index (κ1) is 22.2. The Labute approximate surface area is 196 Å². The molecule has 0 radical (unpaired) electrons. The van der Waals surface area contributed by atoms with Gasteiger partial charge in [0.15, 0.2) is 0 Å². The summed E-state index contributed by atoms with van der Waals surface area (Å²) in [6.07, 6.45) is 0.994. The van der Waals surface area contributed by atoms with Crippen molar-refractivity contribution in [1.29, 1.82) is 0 Å². The van der Waals surface area contributed by atoms with Gasteiger partial charge in [-0.3, -0.25) is 0 Å². The molecule has 0 atom stereocenters. The molecule has 0 unspecified atom stereocenters. The zero-order valence-electron chi connectivity index (χ0n) is 18.6. The van der Waals surface area contributed by atoms with E-state index >= 15 is 0 Å². The molecule has 0 bridgehead atoms. The van der Waals surface area contributed by atoms with Crippen molar-refractivity contribution in [2.45, 2.75) is 19.4 Å². The number of carbonyl (C=O) groups is 1. The number of urea groups is 1. The monoisotopic (exact) mass is 465 g/mol. The highest BCUT2D eigenvalue weighted by Gasteiger charge is 2.28. The molecule has 7 nitrogen and oxygen atoms in total. The van der Waals surface area contributed by atoms with Crippen LogP contribution in [0.4, 0.5) is 25.1 Å². The highest BCUT2D eigenvalue weighted by molar-refractivity contribution is 5.89. The Morgan fingerprint density at radius 2 is 1.76 bits per heavy atom. The van der Waals surface area contributed by atoms with Crippen LogP contribution in [0.15, 0.2) is 48.5 Å². The van der Waals surface area contributed by atoms with E-state index in [-0.39, 0.29) is 11.8 Å². The second kappa shape index (κ2) is 9.72. The fourth-order valence-corrected chi connectivity index (χ4v) is 4.33. The lowest BCUT2D eigenvalue weighted by Crippen LogP contribution is -2.42. The molecule has 5 rings (SSSR count). The molecule has 1 saturated heterocycles. The van der Waals surface area contributed by atoms with Gasteiger partial charge in [0.05, 0.1) is 25.5 Å². The lowest BCUT2D eigenvalue weighted by molar-refractivity contribution is 0.122. The first-order chi connectivity index (χ1) is 16.5. The predicted octanol–water partition coefficient (Wildman–Crippen LogP) is 3.77. The van der Waals surface area contributed by atoms with Gasteiger partial charge in [-0.05, 0) is 35.9 Å². The Morgan fingerprint density at radius 1 is 1.00 bits per heavy atom. The minimum atomic E-state index is -0.407. The van der Waals surface area contributed by atoms with Crippen molar-refractivity contribution in [1.82, 2.24) is 14.9 Å². The maximum Gasteiger partial charge on any atom is 0.322 e. The van der Waals surface area contributed by atoms with E-state index in [2.05, 4.69) is 10.2 Å². The molecule has 0 spiro atoms. The van der Waals surface area contributed by atoms with Gasteiger partial charge in [-0.2, -0.15) is 0 Å². The fourth-order valence-electron chi connectivity index (χ4n) is 4.33. The van der Waals surface area contributed by atoms with Crippen molar-refractivity contribution in [3.8, 4) is 0 Å². The van der Waals surface area contributed by atoms with Gasteiger partial charge in [0.25, 0.3) is 0 Å². The normalized spacial score (nSPS) is 15.7. The lowest BCUT2D eigenvalue weighted by atomic mass is 10.0. The van der Waals surface area contributed by atoms with Gasteiger partial charge in [-0.15, -0.1) is 0 Å². The molecule has 0 aliphatic carbocycles. The van der Waals surface area contributed by atoms with Crippen molar-refractivity contribution in [3.05, 3.63) is 82.8 Å². The quantitative estimate of drug-likeness (QED) is 0.635. The number of nitrogens with one attached hydrogen (secondary N) is 1. The summed E-state index contributed by atoms with van der Waals surface area (Å²) < 4.78 is 32.7. The molecular formula is C25H25F2N5O2. The molecule has 2 aromatic carbocycles. The van der Waals surface area contributed by atoms with Crippen molar-refractivity contribution < 1.29 is 18.3 Å². The topological polar surface area (TPSA) is 70.6 Å². The highest BCUT2D eigenvalue weighted by atomic mass is 19.1. The smallest absolute Gasteiger partial charge is 0.322 e. The van der Waals surface area contributed by atoms with Crippen LogP contribution in [0.5, 0.6) is 0 Å². The molecule has 2 aliphatic heterocycles. The third-order valence-electron chi connectivity index (χ3n) is 6.01. The first-order valence-corrected chi connectivity index (χ1v) is 11.3. The lowest BCUT2D eigenvalue weighted by Gasteiger charge is -2.34. The van der Waals surface area contributed by atoms with Crippen LogP contribution < -0.4 is 10.2 Å². The molecular weight excluding hydrogens is 440 g/mol. The number of fused-ring (bicyclic) bond motifs is 1. The Hall–Kier alpha value is -3.59. The Kier molecular flexibility index (Phi) is 6.35. The average Bonchev–Trinajstić information content (AvgIpc) is 2.84. The van der Waals surface area contributed by atoms with E-state index in [1.54, 1.807) is 23.1 Å². The molecule has 0 saturated carbocycles. The number of hydrogen-bond donors (Lipinski definition) is 1. The Bertz CT molecular complexity index is 1200. The van der Waals surface area contributed by atoms with Crippen LogP contribution in [0.25, 0.3) is 0 Å². The predicted molar refractivity (Wildman–Crippen MR) is 124 cm³/mol. The van der Waals surface area contributed by atoms with Crippen molar-refractivity contribution in [3.63, 3.8) is 0 Å². The summed E-state index contributed by atoms with van der Waals surface area (Å²) in [5, 5.41) is 2.77. The Morgan fingerprint density at radius 3 is 2.53 bits per heavy atom. The van der Waals surface area contributed by atoms with E-state index in [0.717, 1.165) is 22.6 Å². The molecule has 3 heterocycles. The SMILES string of the molecule is O=C(Nc1cccc(F)c1)N1CCc2nc(Cc3cccc(F)c3)nc(N3CCOCC3)c2C1. The first-order valence-electron chi connectivity index (χ1n) is 11.3. The largest absolute Gasteiger partial charge is 0.378 e. The summed E-state index contributed by atoms with van der Waals surface area (Å²) in [6, 6.07) is 12.0. The standard InChI is InChI=1S/C25H25F2N5O2/c26-18-4-1-3-17(13-18)14-23-29-22-7-8-32(25(33)28-20-6-2-5-19(27)15-20)16-21(22)24(30-23)31-9-11-34-12-10-31/h1-6,13,15H,7-12,14,16H2,(H,28,33). The molecule has 1 aromatic heterocycles. The minimum absolute atomic E-state index is 0.288. The number of ether oxygens (including phenoxy) is 1. The molecule has 176 valence electrons. The summed E-state index contributed by atoms with van der Waals surface area (Å²) in [7, 11) is 0. The van der Waals surface area contributed by atoms with Gasteiger partial charge >= 0.3 is 6.03 Å². The zero-order valence-corrected chi connectivity index (χ0v) is 18.6. The molecule has 1 N–H and O–H groups in total. The number of morpholine rings is 1. The van der Waals surface area contributed by atoms with Crippen LogP contribution in [0.1, 0.15) is 22.6 Å². The average molecular weight is 466 g/mol. The van der Waals surface area contributed by atoms with Crippen LogP contribution in [0.2, 0.25) is 0 Å². The number of halogens is 2. The van der Waals surface area contributed by atoms with Crippen LogP contribution in [0.3, 0.4) is 0 Å². The van der Waals surface area contributed by atoms with Crippen molar-refractivity contribution in [2.75, 3.05) is 43.1 Å². The van der Waals surface area contributed by atoms with E-state index in [1.165, 1.54) is 24.3 Å². The number of rotatable bonds is 4. The van der Waals surface area contributed by atoms with E-state index in [9.17, 15) is 13.6 Å². The summed E-state index contributed by atoms with van der Waals surface area (Å²) in [5.74, 6) is 0.728. The van der Waals surface area contributed by atoms with E-state index in [4.69, 9.17) is 14.7 Å². The van der Waals surface area contributed by atoms with E-state index in [0.29, 0.717) is 63.7 Å². The molecule has 34 heavy (non-hydrogen) atoms. The zero-order chi connectivity index (χ0) is 23.5. The van der Waals surface area contributed by atoms with Crippen molar-refractivity contribution in [2.24, 2.45) is 0 Å². The fraction of sp³-hybridized carbons (Fsp3) is 0.320. The number of carbonyl (C=O) groups excluding carboxylic acids is 1. The van der Waals surface area contributed by atoms with Gasteiger partial charge < -0.3 is 19.9 Å². The summed E-state index contributed by atoms with van der Waals surface area (Å²) >= 11 is 0.